The first-order chi connectivity index (χ1) is 10.1. The molecule has 2 rings (SSSR count). The number of aromatic nitrogens is 1. The van der Waals surface area contributed by atoms with Gasteiger partial charge in [0.2, 0.25) is 0 Å². The Kier molecular flexibility index (Phi) is 4.99. The van der Waals surface area contributed by atoms with Gasteiger partial charge in [0, 0.05) is 5.56 Å². The molecule has 4 nitrogen and oxygen atoms in total. The molecule has 1 unspecified atom stereocenters. The quantitative estimate of drug-likeness (QED) is 0.750. The number of hydrogen-bond donors (Lipinski definition) is 0. The first kappa shape index (κ1) is 15.1. The van der Waals surface area contributed by atoms with Crippen LogP contribution in [0.5, 0.6) is 5.75 Å². The summed E-state index contributed by atoms with van der Waals surface area (Å²) in [6.45, 7) is 6.36. The molecule has 0 aliphatic carbocycles. The summed E-state index contributed by atoms with van der Waals surface area (Å²) in [5.41, 5.74) is 2.91. The van der Waals surface area contributed by atoms with Crippen molar-refractivity contribution < 1.29 is 9.26 Å². The monoisotopic (exact) mass is 284 g/mol. The van der Waals surface area contributed by atoms with Crippen LogP contribution in [-0.2, 0) is 0 Å². The van der Waals surface area contributed by atoms with Gasteiger partial charge in [-0.25, -0.2) is 0 Å². The number of rotatable bonds is 6. The Hall–Kier alpha value is -2.28. The SMILES string of the molecule is Cc1cccc(OCCCC(C#N)c2c(C)noc2C)c1. The molecule has 0 radical (unpaired) electrons. The summed E-state index contributed by atoms with van der Waals surface area (Å²) in [6.07, 6.45) is 1.56. The lowest BCUT2D eigenvalue weighted by atomic mass is 9.94. The normalized spacial score (nSPS) is 11.9. The fourth-order valence-corrected chi connectivity index (χ4v) is 2.44. The Balaban J connectivity index is 1.86. The highest BCUT2D eigenvalue weighted by Gasteiger charge is 2.19. The van der Waals surface area contributed by atoms with Crippen molar-refractivity contribution >= 4 is 0 Å². The Labute approximate surface area is 125 Å². The van der Waals surface area contributed by atoms with Gasteiger partial charge in [-0.15, -0.1) is 0 Å². The van der Waals surface area contributed by atoms with E-state index in [1.54, 1.807) is 0 Å². The van der Waals surface area contributed by atoms with Gasteiger partial charge >= 0.3 is 0 Å². The Morgan fingerprint density at radius 3 is 2.76 bits per heavy atom. The molecule has 1 heterocycles. The van der Waals surface area contributed by atoms with E-state index >= 15 is 0 Å². The second kappa shape index (κ2) is 6.94. The summed E-state index contributed by atoms with van der Waals surface area (Å²) in [7, 11) is 0. The maximum atomic E-state index is 9.34. The smallest absolute Gasteiger partial charge is 0.138 e. The lowest BCUT2D eigenvalue weighted by Crippen LogP contribution is -2.03. The van der Waals surface area contributed by atoms with E-state index in [9.17, 15) is 5.26 Å². The van der Waals surface area contributed by atoms with E-state index in [2.05, 4.69) is 11.2 Å². The van der Waals surface area contributed by atoms with Crippen molar-refractivity contribution in [2.75, 3.05) is 6.61 Å². The molecule has 0 bridgehead atoms. The number of nitriles is 1. The first-order valence-corrected chi connectivity index (χ1v) is 7.13. The number of hydrogen-bond acceptors (Lipinski definition) is 4. The predicted molar refractivity (Wildman–Crippen MR) is 80.2 cm³/mol. The largest absolute Gasteiger partial charge is 0.494 e. The molecule has 1 aromatic carbocycles. The highest BCUT2D eigenvalue weighted by molar-refractivity contribution is 5.30. The second-order valence-corrected chi connectivity index (χ2v) is 5.23. The molecule has 110 valence electrons. The molecule has 21 heavy (non-hydrogen) atoms. The molecule has 4 heteroatoms. The zero-order valence-electron chi connectivity index (χ0n) is 12.7. The minimum atomic E-state index is -0.183. The standard InChI is InChI=1S/C17H20N2O2/c1-12-6-4-8-16(10-12)20-9-5-7-15(11-18)17-13(2)19-21-14(17)3/h4,6,8,10,15H,5,7,9H2,1-3H3. The zero-order valence-corrected chi connectivity index (χ0v) is 12.7. The Morgan fingerprint density at radius 1 is 1.33 bits per heavy atom. The minimum absolute atomic E-state index is 0.183. The van der Waals surface area contributed by atoms with E-state index in [0.29, 0.717) is 6.61 Å². The Morgan fingerprint density at radius 2 is 2.14 bits per heavy atom. The zero-order chi connectivity index (χ0) is 15.2. The van der Waals surface area contributed by atoms with Gasteiger partial charge in [-0.1, -0.05) is 17.3 Å². The third-order valence-electron chi connectivity index (χ3n) is 3.49. The molecule has 0 aliphatic heterocycles. The van der Waals surface area contributed by atoms with Gasteiger partial charge in [0.1, 0.15) is 11.5 Å². The molecular formula is C17H20N2O2. The molecule has 0 saturated carbocycles. The van der Waals surface area contributed by atoms with Gasteiger partial charge in [0.15, 0.2) is 0 Å². The van der Waals surface area contributed by atoms with Crippen molar-refractivity contribution in [3.8, 4) is 11.8 Å². The van der Waals surface area contributed by atoms with Gasteiger partial charge in [-0.3, -0.25) is 0 Å². The molecule has 0 saturated heterocycles. The highest BCUT2D eigenvalue weighted by Crippen LogP contribution is 2.26. The van der Waals surface area contributed by atoms with Gasteiger partial charge in [-0.05, 0) is 51.3 Å². The third-order valence-corrected chi connectivity index (χ3v) is 3.49. The molecule has 0 fully saturated rings. The van der Waals surface area contributed by atoms with Crippen LogP contribution in [0.3, 0.4) is 0 Å². The maximum absolute atomic E-state index is 9.34. The van der Waals surface area contributed by atoms with Gasteiger partial charge in [-0.2, -0.15) is 5.26 Å². The fourth-order valence-electron chi connectivity index (χ4n) is 2.44. The van der Waals surface area contributed by atoms with E-state index in [1.807, 2.05) is 45.0 Å². The number of nitrogens with zero attached hydrogens (tertiary/aromatic N) is 2. The summed E-state index contributed by atoms with van der Waals surface area (Å²) < 4.78 is 10.8. The van der Waals surface area contributed by atoms with Crippen LogP contribution in [-0.4, -0.2) is 11.8 Å². The van der Waals surface area contributed by atoms with Crippen LogP contribution in [0.2, 0.25) is 0 Å². The van der Waals surface area contributed by atoms with E-state index in [-0.39, 0.29) is 5.92 Å². The summed E-state index contributed by atoms with van der Waals surface area (Å²) in [5.74, 6) is 1.43. The summed E-state index contributed by atoms with van der Waals surface area (Å²) in [4.78, 5) is 0. The number of benzene rings is 1. The fraction of sp³-hybridized carbons (Fsp3) is 0.412. The summed E-state index contributed by atoms with van der Waals surface area (Å²) >= 11 is 0. The molecule has 0 N–H and O–H groups in total. The molecule has 0 aliphatic rings. The van der Waals surface area contributed by atoms with Crippen molar-refractivity contribution in [2.24, 2.45) is 0 Å². The molecule has 2 aromatic rings. The van der Waals surface area contributed by atoms with Crippen molar-refractivity contribution in [1.82, 2.24) is 5.16 Å². The van der Waals surface area contributed by atoms with Crippen LogP contribution in [0.4, 0.5) is 0 Å². The first-order valence-electron chi connectivity index (χ1n) is 7.13. The molecule has 1 atom stereocenters. The van der Waals surface area contributed by atoms with E-state index in [0.717, 1.165) is 35.6 Å². The molecule has 0 amide bonds. The van der Waals surface area contributed by atoms with Crippen molar-refractivity contribution in [3.05, 3.63) is 46.8 Å². The van der Waals surface area contributed by atoms with Crippen LogP contribution in [0.15, 0.2) is 28.8 Å². The number of aryl methyl sites for hydroxylation is 3. The van der Waals surface area contributed by atoms with Crippen LogP contribution in [0, 0.1) is 32.1 Å². The van der Waals surface area contributed by atoms with Crippen LogP contribution in [0.25, 0.3) is 0 Å². The van der Waals surface area contributed by atoms with Crippen LogP contribution >= 0.6 is 0 Å². The minimum Gasteiger partial charge on any atom is -0.494 e. The maximum Gasteiger partial charge on any atom is 0.138 e. The lowest BCUT2D eigenvalue weighted by molar-refractivity contribution is 0.304. The van der Waals surface area contributed by atoms with Crippen molar-refractivity contribution in [3.63, 3.8) is 0 Å². The molecule has 1 aromatic heterocycles. The number of ether oxygens (including phenoxy) is 1. The summed E-state index contributed by atoms with van der Waals surface area (Å²) in [6, 6.07) is 10.3. The van der Waals surface area contributed by atoms with E-state index < -0.39 is 0 Å². The third kappa shape index (κ3) is 3.85. The predicted octanol–water partition coefficient (Wildman–Crippen LogP) is 4.07. The molecular weight excluding hydrogens is 264 g/mol. The van der Waals surface area contributed by atoms with Crippen molar-refractivity contribution in [2.45, 2.75) is 39.5 Å². The van der Waals surface area contributed by atoms with Gasteiger partial charge in [0.25, 0.3) is 0 Å². The van der Waals surface area contributed by atoms with Gasteiger partial charge < -0.3 is 9.26 Å². The molecule has 0 spiro atoms. The van der Waals surface area contributed by atoms with E-state index in [1.165, 1.54) is 5.56 Å². The second-order valence-electron chi connectivity index (χ2n) is 5.23. The average Bonchev–Trinajstić information content (AvgIpc) is 2.79. The lowest BCUT2D eigenvalue weighted by Gasteiger charge is -2.10. The van der Waals surface area contributed by atoms with Crippen molar-refractivity contribution in [1.29, 1.82) is 5.26 Å². The average molecular weight is 284 g/mol. The summed E-state index contributed by atoms with van der Waals surface area (Å²) in [5, 5.41) is 13.3. The topological polar surface area (TPSA) is 59.0 Å². The van der Waals surface area contributed by atoms with Crippen LogP contribution < -0.4 is 4.74 Å². The van der Waals surface area contributed by atoms with E-state index in [4.69, 9.17) is 9.26 Å². The van der Waals surface area contributed by atoms with Crippen LogP contribution in [0.1, 0.15) is 41.3 Å². The Bertz CT molecular complexity index is 621. The highest BCUT2D eigenvalue weighted by atomic mass is 16.5. The van der Waals surface area contributed by atoms with Gasteiger partial charge in [0.05, 0.1) is 24.3 Å².